The lowest BCUT2D eigenvalue weighted by Crippen LogP contribution is -2.28. The molecule has 2 heterocycles. The number of hydrogen-bond acceptors (Lipinski definition) is 4. The average Bonchev–Trinajstić information content (AvgIpc) is 2.49. The van der Waals surface area contributed by atoms with E-state index in [1.54, 1.807) is 6.07 Å². The van der Waals surface area contributed by atoms with E-state index in [9.17, 15) is 9.90 Å². The summed E-state index contributed by atoms with van der Waals surface area (Å²) in [6.45, 7) is 0.503. The Hall–Kier alpha value is -2.40. The molecule has 0 fully saturated rings. The second-order valence-electron chi connectivity index (χ2n) is 4.56. The molecule has 0 aliphatic carbocycles. The number of benzene rings is 1. The Morgan fingerprint density at radius 2 is 2.15 bits per heavy atom. The van der Waals surface area contributed by atoms with Crippen LogP contribution in [0.5, 0.6) is 5.75 Å². The van der Waals surface area contributed by atoms with Crippen molar-refractivity contribution in [2.75, 3.05) is 11.9 Å². The molecule has 0 saturated carbocycles. The Balaban J connectivity index is 1.84. The van der Waals surface area contributed by atoms with Crippen molar-refractivity contribution in [1.82, 2.24) is 4.98 Å². The van der Waals surface area contributed by atoms with Crippen LogP contribution in [0.1, 0.15) is 17.2 Å². The molecule has 1 aromatic carbocycles. The second kappa shape index (κ2) is 5.30. The van der Waals surface area contributed by atoms with Gasteiger partial charge < -0.3 is 15.2 Å². The number of aromatic nitrogens is 1. The van der Waals surface area contributed by atoms with Gasteiger partial charge in [0, 0.05) is 6.20 Å². The van der Waals surface area contributed by atoms with Gasteiger partial charge in [-0.1, -0.05) is 24.3 Å². The van der Waals surface area contributed by atoms with Gasteiger partial charge >= 0.3 is 0 Å². The number of nitrogens with one attached hydrogen (secondary N) is 1. The van der Waals surface area contributed by atoms with Crippen LogP contribution in [0.3, 0.4) is 0 Å². The van der Waals surface area contributed by atoms with E-state index in [1.807, 2.05) is 24.3 Å². The first-order chi connectivity index (χ1) is 9.75. The lowest BCUT2D eigenvalue weighted by molar-refractivity contribution is -0.128. The van der Waals surface area contributed by atoms with Crippen LogP contribution >= 0.6 is 0 Å². The topological polar surface area (TPSA) is 71.5 Å². The first kappa shape index (κ1) is 12.6. The Morgan fingerprint density at radius 1 is 1.30 bits per heavy atom. The number of carbonyl (C=O) groups is 1. The normalized spacial score (nSPS) is 17.3. The largest absolute Gasteiger partial charge is 0.504 e. The van der Waals surface area contributed by atoms with Gasteiger partial charge in [0.05, 0.1) is 6.61 Å². The molecule has 2 N–H and O–H groups in total. The summed E-state index contributed by atoms with van der Waals surface area (Å²) in [6.07, 6.45) is 1.64. The fraction of sp³-hybridized carbons (Fsp3) is 0.200. The van der Waals surface area contributed by atoms with Crippen LogP contribution in [0.25, 0.3) is 0 Å². The number of pyridine rings is 1. The molecule has 1 amide bonds. The summed E-state index contributed by atoms with van der Waals surface area (Å²) in [6, 6.07) is 10.8. The minimum absolute atomic E-state index is 0.0649. The van der Waals surface area contributed by atoms with E-state index in [1.165, 1.54) is 12.3 Å². The summed E-state index contributed by atoms with van der Waals surface area (Å²) in [7, 11) is 0. The maximum Gasteiger partial charge on any atom is 0.259 e. The fourth-order valence-electron chi connectivity index (χ4n) is 2.29. The van der Waals surface area contributed by atoms with Gasteiger partial charge in [0.1, 0.15) is 0 Å². The number of fused-ring (bicyclic) bond motifs is 1. The Morgan fingerprint density at radius 3 is 3.00 bits per heavy atom. The van der Waals surface area contributed by atoms with Gasteiger partial charge in [-0.05, 0) is 29.7 Å². The minimum Gasteiger partial charge on any atom is -0.504 e. The van der Waals surface area contributed by atoms with Crippen LogP contribution in [-0.2, 0) is 16.0 Å². The van der Waals surface area contributed by atoms with Crippen molar-refractivity contribution in [2.45, 2.75) is 12.5 Å². The molecule has 0 unspecified atom stereocenters. The molecule has 1 aliphatic rings. The van der Waals surface area contributed by atoms with Crippen molar-refractivity contribution in [3.8, 4) is 5.75 Å². The first-order valence-corrected chi connectivity index (χ1v) is 6.40. The maximum atomic E-state index is 12.3. The molecule has 5 heteroatoms. The number of ether oxygens (including phenoxy) is 1. The molecule has 20 heavy (non-hydrogen) atoms. The standard InChI is InChI=1S/C15H14N2O3/c18-12-6-3-8-16-14(12)17-15(19)13-11-5-2-1-4-10(11)7-9-20-13/h1-6,8,13,18H,7,9H2,(H,16,17,19)/t13-/m1/s1. The highest BCUT2D eigenvalue weighted by Crippen LogP contribution is 2.29. The van der Waals surface area contributed by atoms with Crippen molar-refractivity contribution in [3.05, 3.63) is 53.7 Å². The predicted octanol–water partition coefficient (Wildman–Crippen LogP) is 2.04. The number of amides is 1. The minimum atomic E-state index is -0.665. The molecule has 102 valence electrons. The number of rotatable bonds is 2. The summed E-state index contributed by atoms with van der Waals surface area (Å²) in [5.74, 6) is -0.250. The highest BCUT2D eigenvalue weighted by atomic mass is 16.5. The number of carbonyl (C=O) groups excluding carboxylic acids is 1. The lowest BCUT2D eigenvalue weighted by Gasteiger charge is -2.25. The van der Waals surface area contributed by atoms with E-state index < -0.39 is 6.10 Å². The molecule has 1 atom stereocenters. The van der Waals surface area contributed by atoms with E-state index in [0.29, 0.717) is 6.61 Å². The quantitative estimate of drug-likeness (QED) is 0.876. The van der Waals surface area contributed by atoms with E-state index in [-0.39, 0.29) is 17.5 Å². The summed E-state index contributed by atoms with van der Waals surface area (Å²) < 4.78 is 5.56. The second-order valence-corrected chi connectivity index (χ2v) is 4.56. The van der Waals surface area contributed by atoms with Gasteiger partial charge in [0.25, 0.3) is 5.91 Å². The smallest absolute Gasteiger partial charge is 0.259 e. The summed E-state index contributed by atoms with van der Waals surface area (Å²) >= 11 is 0. The van der Waals surface area contributed by atoms with Crippen LogP contribution in [0.2, 0.25) is 0 Å². The van der Waals surface area contributed by atoms with Crippen LogP contribution < -0.4 is 5.32 Å². The molecular formula is C15H14N2O3. The first-order valence-electron chi connectivity index (χ1n) is 6.40. The number of hydrogen-bond donors (Lipinski definition) is 2. The SMILES string of the molecule is O=C(Nc1ncccc1O)[C@@H]1OCCc2ccccc21. The molecule has 2 aromatic rings. The highest BCUT2D eigenvalue weighted by Gasteiger charge is 2.27. The lowest BCUT2D eigenvalue weighted by atomic mass is 9.97. The Bertz CT molecular complexity index is 643. The Kier molecular flexibility index (Phi) is 3.35. The van der Waals surface area contributed by atoms with E-state index >= 15 is 0 Å². The molecule has 0 bridgehead atoms. The number of aromatic hydroxyl groups is 1. The van der Waals surface area contributed by atoms with Crippen LogP contribution in [0.4, 0.5) is 5.82 Å². The molecule has 0 radical (unpaired) electrons. The summed E-state index contributed by atoms with van der Waals surface area (Å²) in [5, 5.41) is 12.2. The molecule has 5 nitrogen and oxygen atoms in total. The maximum absolute atomic E-state index is 12.3. The molecule has 0 spiro atoms. The van der Waals surface area contributed by atoms with Gasteiger partial charge in [-0.2, -0.15) is 0 Å². The van der Waals surface area contributed by atoms with Crippen molar-refractivity contribution >= 4 is 11.7 Å². The molecule has 0 saturated heterocycles. The molecular weight excluding hydrogens is 256 g/mol. The van der Waals surface area contributed by atoms with Gasteiger partial charge in [0.15, 0.2) is 17.7 Å². The van der Waals surface area contributed by atoms with Crippen molar-refractivity contribution in [3.63, 3.8) is 0 Å². The molecule has 1 aromatic heterocycles. The van der Waals surface area contributed by atoms with E-state index in [0.717, 1.165) is 17.5 Å². The molecule has 1 aliphatic heterocycles. The third-order valence-electron chi connectivity index (χ3n) is 3.26. The van der Waals surface area contributed by atoms with Gasteiger partial charge in [-0.25, -0.2) is 4.98 Å². The highest BCUT2D eigenvalue weighted by molar-refractivity contribution is 5.95. The molecule has 3 rings (SSSR count). The van der Waals surface area contributed by atoms with Crippen molar-refractivity contribution in [2.24, 2.45) is 0 Å². The van der Waals surface area contributed by atoms with Crippen LogP contribution in [0, 0.1) is 0 Å². The number of nitrogens with zero attached hydrogens (tertiary/aromatic N) is 1. The third kappa shape index (κ3) is 2.35. The summed E-state index contributed by atoms with van der Waals surface area (Å²) in [4.78, 5) is 16.2. The van der Waals surface area contributed by atoms with Crippen molar-refractivity contribution in [1.29, 1.82) is 0 Å². The summed E-state index contributed by atoms with van der Waals surface area (Å²) in [5.41, 5.74) is 1.98. The van der Waals surface area contributed by atoms with Crippen LogP contribution in [0.15, 0.2) is 42.6 Å². The van der Waals surface area contributed by atoms with E-state index in [4.69, 9.17) is 4.74 Å². The van der Waals surface area contributed by atoms with Gasteiger partial charge in [-0.15, -0.1) is 0 Å². The van der Waals surface area contributed by atoms with Gasteiger partial charge in [0.2, 0.25) is 0 Å². The monoisotopic (exact) mass is 270 g/mol. The number of anilines is 1. The van der Waals surface area contributed by atoms with Crippen molar-refractivity contribution < 1.29 is 14.6 Å². The average molecular weight is 270 g/mol. The van der Waals surface area contributed by atoms with Crippen LogP contribution in [-0.4, -0.2) is 22.6 Å². The predicted molar refractivity (Wildman–Crippen MR) is 73.4 cm³/mol. The zero-order chi connectivity index (χ0) is 13.9. The van der Waals surface area contributed by atoms with Gasteiger partial charge in [-0.3, -0.25) is 4.79 Å². The van der Waals surface area contributed by atoms with E-state index in [2.05, 4.69) is 10.3 Å². The zero-order valence-electron chi connectivity index (χ0n) is 10.7. The Labute approximate surface area is 116 Å². The zero-order valence-corrected chi connectivity index (χ0v) is 10.7. The third-order valence-corrected chi connectivity index (χ3v) is 3.26. The fourth-order valence-corrected chi connectivity index (χ4v) is 2.29.